The molecule has 0 unspecified atom stereocenters. The Balaban J connectivity index is -0.000000288. The molecule has 21 heavy (non-hydrogen) atoms. The van der Waals surface area contributed by atoms with Gasteiger partial charge in [0.15, 0.2) is 0 Å². The van der Waals surface area contributed by atoms with E-state index >= 15 is 0 Å². The first-order chi connectivity index (χ1) is 8.47. The summed E-state index contributed by atoms with van der Waals surface area (Å²) in [6.07, 6.45) is 0. The predicted molar refractivity (Wildman–Crippen MR) is 111 cm³/mol. The summed E-state index contributed by atoms with van der Waals surface area (Å²) < 4.78 is 0.990. The van der Waals surface area contributed by atoms with E-state index in [2.05, 4.69) is 51.5 Å². The fraction of sp³-hybridized carbons (Fsp3) is 0.250. The number of hydrogen-bond donors (Lipinski definition) is 0. The normalized spacial score (nSPS) is 8.95. The highest BCUT2D eigenvalue weighted by Gasteiger charge is 2.06. The van der Waals surface area contributed by atoms with E-state index in [4.69, 9.17) is 11.6 Å². The average Bonchev–Trinajstić information content (AvgIpc) is 2.30. The van der Waals surface area contributed by atoms with Crippen molar-refractivity contribution < 1.29 is 4.48 Å². The monoisotopic (exact) mass is 502 g/mol. The second kappa shape index (κ2) is 13.8. The molecule has 2 aromatic carbocycles. The summed E-state index contributed by atoms with van der Waals surface area (Å²) in [4.78, 5) is 0. The number of benzene rings is 2. The molecule has 0 N–H and O–H groups in total. The number of hydrogen-bond acceptors (Lipinski definition) is 0. The van der Waals surface area contributed by atoms with Crippen molar-refractivity contribution in [1.82, 2.24) is 0 Å². The standard InChI is InChI=1S/C10H16N.C6H5Cl.3BrH/c1-11(2,3)9-10-7-5-4-6-8-10;7-6-4-2-1-3-5-6;;;/h4-8H,9H2,1-3H3;1-5H;3*1H/q+1;;;;. The Kier molecular flexibility index (Phi) is 17.1. The minimum atomic E-state index is 0. The Morgan fingerprint density at radius 3 is 1.38 bits per heavy atom. The van der Waals surface area contributed by atoms with Crippen molar-refractivity contribution in [2.24, 2.45) is 0 Å². The largest absolute Gasteiger partial charge is 0.327 e. The topological polar surface area (TPSA) is 0 Å². The van der Waals surface area contributed by atoms with Crippen molar-refractivity contribution in [1.29, 1.82) is 0 Å². The van der Waals surface area contributed by atoms with Gasteiger partial charge in [0.25, 0.3) is 0 Å². The average molecular weight is 506 g/mol. The fourth-order valence-corrected chi connectivity index (χ4v) is 1.69. The quantitative estimate of drug-likeness (QED) is 0.442. The lowest BCUT2D eigenvalue weighted by Crippen LogP contribution is -2.33. The first kappa shape index (κ1) is 26.0. The maximum absolute atomic E-state index is 5.54. The van der Waals surface area contributed by atoms with Crippen molar-refractivity contribution in [2.75, 3.05) is 21.1 Å². The molecule has 0 atom stereocenters. The molecule has 0 aliphatic heterocycles. The minimum absolute atomic E-state index is 0. The SMILES string of the molecule is Br.Br.Br.C[N+](C)(C)Cc1ccccc1.Clc1ccccc1. The highest BCUT2D eigenvalue weighted by molar-refractivity contribution is 8.93. The Bertz CT molecular complexity index is 444. The molecule has 0 saturated heterocycles. The van der Waals surface area contributed by atoms with E-state index < -0.39 is 0 Å². The summed E-state index contributed by atoms with van der Waals surface area (Å²) in [5.41, 5.74) is 1.40. The summed E-state index contributed by atoms with van der Waals surface area (Å²) >= 11 is 5.54. The van der Waals surface area contributed by atoms with Crippen LogP contribution in [0.15, 0.2) is 60.7 Å². The van der Waals surface area contributed by atoms with Gasteiger partial charge in [0.1, 0.15) is 6.54 Å². The molecule has 0 aliphatic carbocycles. The van der Waals surface area contributed by atoms with Gasteiger partial charge in [-0.2, -0.15) is 0 Å². The smallest absolute Gasteiger partial charge is 0.104 e. The highest BCUT2D eigenvalue weighted by atomic mass is 79.9. The first-order valence-electron chi connectivity index (χ1n) is 6.02. The van der Waals surface area contributed by atoms with Gasteiger partial charge < -0.3 is 4.48 Å². The third-order valence-electron chi connectivity index (χ3n) is 2.23. The molecule has 0 saturated carbocycles. The van der Waals surface area contributed by atoms with E-state index in [0.29, 0.717) is 0 Å². The number of rotatable bonds is 2. The van der Waals surface area contributed by atoms with Gasteiger partial charge in [-0.3, -0.25) is 0 Å². The minimum Gasteiger partial charge on any atom is -0.327 e. The van der Waals surface area contributed by atoms with E-state index in [1.54, 1.807) is 0 Å². The molecular formula is C16H24Br3ClN+. The molecule has 0 bridgehead atoms. The van der Waals surface area contributed by atoms with Crippen LogP contribution < -0.4 is 0 Å². The zero-order valence-electron chi connectivity index (χ0n) is 12.5. The van der Waals surface area contributed by atoms with Crippen molar-refractivity contribution >= 4 is 62.5 Å². The van der Waals surface area contributed by atoms with Gasteiger partial charge >= 0.3 is 0 Å². The van der Waals surface area contributed by atoms with Gasteiger partial charge in [-0.15, -0.1) is 50.9 Å². The van der Waals surface area contributed by atoms with Gasteiger partial charge in [-0.25, -0.2) is 0 Å². The Morgan fingerprint density at radius 1 is 0.714 bits per heavy atom. The van der Waals surface area contributed by atoms with Crippen LogP contribution in [-0.4, -0.2) is 25.6 Å². The van der Waals surface area contributed by atoms with Crippen molar-refractivity contribution in [3.05, 3.63) is 71.2 Å². The van der Waals surface area contributed by atoms with Gasteiger partial charge in [0.05, 0.1) is 21.1 Å². The number of quaternary nitrogens is 1. The summed E-state index contributed by atoms with van der Waals surface area (Å²) in [6, 6.07) is 20.0. The van der Waals surface area contributed by atoms with E-state index in [9.17, 15) is 0 Å². The molecule has 0 radical (unpaired) electrons. The van der Waals surface area contributed by atoms with Crippen LogP contribution in [-0.2, 0) is 6.54 Å². The fourth-order valence-electron chi connectivity index (χ4n) is 1.55. The van der Waals surface area contributed by atoms with Crippen LogP contribution >= 0.6 is 62.5 Å². The molecule has 1 nitrogen and oxygen atoms in total. The molecule has 0 spiro atoms. The maximum Gasteiger partial charge on any atom is 0.104 e. The Labute approximate surface area is 165 Å². The zero-order chi connectivity index (χ0) is 13.4. The molecular weight excluding hydrogens is 481 g/mol. The molecule has 0 fully saturated rings. The maximum atomic E-state index is 5.54. The second-order valence-electron chi connectivity index (χ2n) is 5.23. The van der Waals surface area contributed by atoms with Crippen molar-refractivity contribution in [3.8, 4) is 0 Å². The molecule has 2 aromatic rings. The summed E-state index contributed by atoms with van der Waals surface area (Å²) in [6.45, 7) is 1.10. The number of halogens is 4. The van der Waals surface area contributed by atoms with Crippen LogP contribution in [0.1, 0.15) is 5.56 Å². The zero-order valence-corrected chi connectivity index (χ0v) is 18.4. The van der Waals surface area contributed by atoms with Crippen LogP contribution in [0, 0.1) is 0 Å². The van der Waals surface area contributed by atoms with E-state index in [-0.39, 0.29) is 50.9 Å². The van der Waals surface area contributed by atoms with Crippen LogP contribution in [0.4, 0.5) is 0 Å². The van der Waals surface area contributed by atoms with E-state index in [0.717, 1.165) is 16.1 Å². The lowest BCUT2D eigenvalue weighted by atomic mass is 10.2. The third-order valence-corrected chi connectivity index (χ3v) is 2.48. The summed E-state index contributed by atoms with van der Waals surface area (Å²) in [5, 5.41) is 0.794. The van der Waals surface area contributed by atoms with Crippen molar-refractivity contribution in [3.63, 3.8) is 0 Å². The predicted octanol–water partition coefficient (Wildman–Crippen LogP) is 5.97. The van der Waals surface area contributed by atoms with E-state index in [1.165, 1.54) is 5.56 Å². The lowest BCUT2D eigenvalue weighted by Gasteiger charge is -2.23. The Hall–Kier alpha value is 0.130. The van der Waals surface area contributed by atoms with Crippen LogP contribution in [0.2, 0.25) is 5.02 Å². The summed E-state index contributed by atoms with van der Waals surface area (Å²) in [5.74, 6) is 0. The summed E-state index contributed by atoms with van der Waals surface area (Å²) in [7, 11) is 6.60. The Morgan fingerprint density at radius 2 is 1.10 bits per heavy atom. The molecule has 120 valence electrons. The molecule has 0 aromatic heterocycles. The van der Waals surface area contributed by atoms with Crippen molar-refractivity contribution in [2.45, 2.75) is 6.54 Å². The molecule has 5 heteroatoms. The first-order valence-corrected chi connectivity index (χ1v) is 6.40. The number of nitrogens with zero attached hydrogens (tertiary/aromatic N) is 1. The third kappa shape index (κ3) is 14.8. The van der Waals surface area contributed by atoms with Gasteiger partial charge in [-0.05, 0) is 12.1 Å². The van der Waals surface area contributed by atoms with E-state index in [1.807, 2.05) is 30.3 Å². The van der Waals surface area contributed by atoms with Crippen LogP contribution in [0.3, 0.4) is 0 Å². The van der Waals surface area contributed by atoms with Gasteiger partial charge in [0.2, 0.25) is 0 Å². The van der Waals surface area contributed by atoms with Gasteiger partial charge in [-0.1, -0.05) is 60.1 Å². The second-order valence-corrected chi connectivity index (χ2v) is 5.67. The van der Waals surface area contributed by atoms with Crippen LogP contribution in [0.25, 0.3) is 0 Å². The lowest BCUT2D eigenvalue weighted by molar-refractivity contribution is -0.884. The van der Waals surface area contributed by atoms with Gasteiger partial charge in [0, 0.05) is 10.6 Å². The molecule has 0 heterocycles. The molecule has 0 amide bonds. The molecule has 2 rings (SSSR count). The van der Waals surface area contributed by atoms with Crippen LogP contribution in [0.5, 0.6) is 0 Å². The molecule has 0 aliphatic rings. The highest BCUT2D eigenvalue weighted by Crippen LogP contribution is 2.05.